The molecule has 0 spiro atoms. The summed E-state index contributed by atoms with van der Waals surface area (Å²) in [6, 6.07) is 15.5. The van der Waals surface area contributed by atoms with E-state index < -0.39 is 5.79 Å². The normalized spacial score (nSPS) is 19.2. The lowest BCUT2D eigenvalue weighted by Crippen LogP contribution is -2.89. The first-order chi connectivity index (χ1) is 15.3. The highest BCUT2D eigenvalue weighted by Crippen LogP contribution is 2.34. The number of quaternary nitrogens is 1. The number of rotatable bonds is 4. The van der Waals surface area contributed by atoms with Crippen molar-refractivity contribution in [2.24, 2.45) is 7.05 Å². The second-order valence-corrected chi connectivity index (χ2v) is 8.74. The van der Waals surface area contributed by atoms with Gasteiger partial charge >= 0.3 is 11.8 Å². The Morgan fingerprint density at radius 1 is 1.00 bits per heavy atom. The summed E-state index contributed by atoms with van der Waals surface area (Å²) in [7, 11) is 1.94. The maximum atomic E-state index is 12.9. The third-order valence-corrected chi connectivity index (χ3v) is 5.96. The van der Waals surface area contributed by atoms with Gasteiger partial charge in [0.2, 0.25) is 0 Å². The number of aromatic nitrogens is 1. The molecular formula is C25H26N3O4+. The quantitative estimate of drug-likeness (QED) is 0.618. The van der Waals surface area contributed by atoms with E-state index in [1.807, 2.05) is 80.2 Å². The molecule has 0 saturated carbocycles. The molecule has 164 valence electrons. The summed E-state index contributed by atoms with van der Waals surface area (Å²) in [5.74, 6) is -1.10. The molecule has 2 aliphatic rings. The summed E-state index contributed by atoms with van der Waals surface area (Å²) in [4.78, 5) is 25.8. The zero-order valence-electron chi connectivity index (χ0n) is 18.3. The van der Waals surface area contributed by atoms with Crippen molar-refractivity contribution in [2.45, 2.75) is 25.7 Å². The number of nitrogens with zero attached hydrogens (tertiary/aromatic N) is 1. The highest BCUT2D eigenvalue weighted by Gasteiger charge is 2.39. The smallest absolute Gasteiger partial charge is 0.351 e. The number of aryl methyl sites for hydroxylation is 1. The van der Waals surface area contributed by atoms with E-state index in [4.69, 9.17) is 9.47 Å². The van der Waals surface area contributed by atoms with Crippen molar-refractivity contribution < 1.29 is 24.4 Å². The van der Waals surface area contributed by atoms with Gasteiger partial charge in [0.1, 0.15) is 11.1 Å². The number of fused-ring (bicyclic) bond motifs is 1. The molecule has 1 fully saturated rings. The monoisotopic (exact) mass is 432 g/mol. The first-order valence-electron chi connectivity index (χ1n) is 10.7. The van der Waals surface area contributed by atoms with E-state index in [9.17, 15) is 9.59 Å². The fourth-order valence-electron chi connectivity index (χ4n) is 4.38. The van der Waals surface area contributed by atoms with E-state index in [0.29, 0.717) is 29.9 Å². The van der Waals surface area contributed by atoms with Crippen LogP contribution in [0.1, 0.15) is 25.0 Å². The number of nitrogens with two attached hydrogens (primary N) is 1. The second-order valence-electron chi connectivity index (χ2n) is 8.74. The number of hydrogen-bond acceptors (Lipinski definition) is 5. The zero-order chi connectivity index (χ0) is 22.5. The van der Waals surface area contributed by atoms with Crippen molar-refractivity contribution in [3.63, 3.8) is 0 Å². The van der Waals surface area contributed by atoms with Gasteiger partial charge in [-0.15, -0.1) is 0 Å². The van der Waals surface area contributed by atoms with Gasteiger partial charge in [0.05, 0.1) is 19.3 Å². The summed E-state index contributed by atoms with van der Waals surface area (Å²) in [5, 5.41) is 5.56. The molecule has 2 aliphatic heterocycles. The SMILES string of the molecule is Cn1cc(C2=C(c3cccc(NC4COC(C)(C)OC4)c3)C(=O)[NH2+]C2=O)c2ccccc21. The number of benzene rings is 2. The average molecular weight is 433 g/mol. The van der Waals surface area contributed by atoms with Gasteiger partial charge in [0.25, 0.3) is 0 Å². The van der Waals surface area contributed by atoms with Gasteiger partial charge in [0, 0.05) is 35.4 Å². The van der Waals surface area contributed by atoms with Gasteiger partial charge < -0.3 is 19.4 Å². The Kier molecular flexibility index (Phi) is 4.97. The molecule has 2 aromatic carbocycles. The molecule has 5 rings (SSSR count). The molecule has 3 aromatic rings. The molecule has 0 aliphatic carbocycles. The van der Waals surface area contributed by atoms with Crippen molar-refractivity contribution in [3.05, 3.63) is 65.9 Å². The maximum absolute atomic E-state index is 12.9. The van der Waals surface area contributed by atoms with Crippen LogP contribution in [0.5, 0.6) is 0 Å². The van der Waals surface area contributed by atoms with E-state index in [-0.39, 0.29) is 17.9 Å². The van der Waals surface area contributed by atoms with Crippen LogP contribution in [0.4, 0.5) is 5.69 Å². The van der Waals surface area contributed by atoms with Crippen molar-refractivity contribution in [3.8, 4) is 0 Å². The minimum absolute atomic E-state index is 0.00253. The maximum Gasteiger partial charge on any atom is 0.351 e. The Bertz CT molecular complexity index is 1260. The predicted octanol–water partition coefficient (Wildman–Crippen LogP) is 2.28. The molecule has 2 amide bonds. The van der Waals surface area contributed by atoms with E-state index in [1.165, 1.54) is 5.32 Å². The fraction of sp³-hybridized carbons (Fsp3) is 0.280. The number of hydrogen-bond donors (Lipinski definition) is 2. The van der Waals surface area contributed by atoms with Crippen LogP contribution in [0.15, 0.2) is 54.7 Å². The number of amides is 2. The molecule has 32 heavy (non-hydrogen) atoms. The number of primary amides is 2. The summed E-state index contributed by atoms with van der Waals surface area (Å²) < 4.78 is 13.4. The number of carbonyl (C=O) groups excluding carboxylic acids is 2. The van der Waals surface area contributed by atoms with Crippen molar-refractivity contribution in [2.75, 3.05) is 18.5 Å². The molecule has 0 bridgehead atoms. The average Bonchev–Trinajstić information content (AvgIpc) is 3.25. The molecule has 1 saturated heterocycles. The number of nitrogens with one attached hydrogen (secondary N) is 1. The van der Waals surface area contributed by atoms with Crippen LogP contribution in [0.2, 0.25) is 0 Å². The highest BCUT2D eigenvalue weighted by atomic mass is 16.7. The number of para-hydroxylation sites is 1. The number of imide groups is 1. The van der Waals surface area contributed by atoms with Crippen LogP contribution in [-0.2, 0) is 26.1 Å². The largest absolute Gasteiger partial charge is 0.378 e. The van der Waals surface area contributed by atoms with Crippen LogP contribution in [0, 0.1) is 0 Å². The van der Waals surface area contributed by atoms with Crippen LogP contribution >= 0.6 is 0 Å². The summed E-state index contributed by atoms with van der Waals surface area (Å²) in [6.45, 7) is 4.83. The minimum Gasteiger partial charge on any atom is -0.378 e. The lowest BCUT2D eigenvalue weighted by Gasteiger charge is -2.35. The molecule has 0 unspecified atom stereocenters. The van der Waals surface area contributed by atoms with Crippen molar-refractivity contribution in [1.29, 1.82) is 0 Å². The van der Waals surface area contributed by atoms with Gasteiger partial charge in [-0.05, 0) is 37.6 Å². The van der Waals surface area contributed by atoms with Crippen molar-refractivity contribution in [1.82, 2.24) is 4.57 Å². The van der Waals surface area contributed by atoms with E-state index in [1.54, 1.807) is 0 Å². The Morgan fingerprint density at radius 3 is 2.50 bits per heavy atom. The summed E-state index contributed by atoms with van der Waals surface area (Å²) in [5.41, 5.74) is 4.23. The first-order valence-corrected chi connectivity index (χ1v) is 10.7. The number of ether oxygens (including phenoxy) is 2. The van der Waals surface area contributed by atoms with E-state index >= 15 is 0 Å². The third kappa shape index (κ3) is 3.64. The van der Waals surface area contributed by atoms with E-state index in [2.05, 4.69) is 5.32 Å². The standard InChI is InChI=1S/C25H25N3O4/c1-25(2)31-13-17(14-32-25)26-16-8-6-7-15(11-16)21-22(24(30)27-23(21)29)19-12-28(3)20-10-5-4-9-18(19)20/h4-12,17,26H,13-14H2,1-3H3,(H,27,29,30)/p+1. The minimum atomic E-state index is -0.579. The van der Waals surface area contributed by atoms with Crippen molar-refractivity contribution >= 4 is 39.6 Å². The lowest BCUT2D eigenvalue weighted by molar-refractivity contribution is -0.472. The van der Waals surface area contributed by atoms with Gasteiger partial charge in [-0.1, -0.05) is 30.3 Å². The van der Waals surface area contributed by atoms with E-state index in [0.717, 1.165) is 22.2 Å². The Labute approximate surface area is 186 Å². The number of anilines is 1. The molecule has 7 heteroatoms. The van der Waals surface area contributed by atoms with Crippen LogP contribution in [0.3, 0.4) is 0 Å². The molecular weight excluding hydrogens is 406 g/mol. The molecule has 0 radical (unpaired) electrons. The molecule has 1 aromatic heterocycles. The molecule has 3 N–H and O–H groups in total. The lowest BCUT2D eigenvalue weighted by atomic mass is 9.95. The highest BCUT2D eigenvalue weighted by molar-refractivity contribution is 6.43. The molecule has 0 atom stereocenters. The predicted molar refractivity (Wildman–Crippen MR) is 122 cm³/mol. The third-order valence-electron chi connectivity index (χ3n) is 5.96. The van der Waals surface area contributed by atoms with Crippen LogP contribution < -0.4 is 10.6 Å². The van der Waals surface area contributed by atoms with Gasteiger partial charge in [0.15, 0.2) is 5.79 Å². The zero-order valence-corrected chi connectivity index (χ0v) is 18.3. The summed E-state index contributed by atoms with van der Waals surface area (Å²) >= 11 is 0. The number of carbonyl (C=O) groups is 2. The topological polar surface area (TPSA) is 86.2 Å². The van der Waals surface area contributed by atoms with Gasteiger partial charge in [-0.2, -0.15) is 0 Å². The summed E-state index contributed by atoms with van der Waals surface area (Å²) in [6.07, 6.45) is 1.92. The fourth-order valence-corrected chi connectivity index (χ4v) is 4.38. The van der Waals surface area contributed by atoms with Gasteiger partial charge in [-0.25, -0.2) is 14.9 Å². The Hall–Kier alpha value is -3.26. The van der Waals surface area contributed by atoms with Crippen LogP contribution in [-0.4, -0.2) is 41.4 Å². The van der Waals surface area contributed by atoms with Gasteiger partial charge in [-0.3, -0.25) is 0 Å². The van der Waals surface area contributed by atoms with Crippen LogP contribution in [0.25, 0.3) is 22.0 Å². The second kappa shape index (κ2) is 7.70. The Morgan fingerprint density at radius 2 is 1.72 bits per heavy atom. The first kappa shape index (κ1) is 20.6. The Balaban J connectivity index is 1.53. The molecule has 3 heterocycles. The molecule has 7 nitrogen and oxygen atoms in total.